The molecule has 6 nitrogen and oxygen atoms in total. The molecule has 2 heterocycles. The second kappa shape index (κ2) is 6.30. The fourth-order valence-corrected chi connectivity index (χ4v) is 3.97. The van der Waals surface area contributed by atoms with Crippen LogP contribution in [-0.4, -0.2) is 21.5 Å². The number of hydrogen-bond acceptors (Lipinski definition) is 3. The number of carbonyl (C=O) groups is 1. The SMILES string of the molecule is Cn1c(=N)n(CC(F)F)c2cc(N)c3c(c21)C(=O)NC3c1cc(F)ccc1Cl. The number of aromatic nitrogens is 2. The van der Waals surface area contributed by atoms with Crippen molar-refractivity contribution < 1.29 is 18.0 Å². The van der Waals surface area contributed by atoms with E-state index in [4.69, 9.17) is 22.7 Å². The number of carbonyl (C=O) groups excluding carboxylic acids is 1. The molecule has 1 unspecified atom stereocenters. The van der Waals surface area contributed by atoms with E-state index in [9.17, 15) is 18.0 Å². The smallest absolute Gasteiger partial charge is 0.256 e. The molecule has 0 aliphatic carbocycles. The third kappa shape index (κ3) is 2.57. The van der Waals surface area contributed by atoms with Gasteiger partial charge in [0, 0.05) is 28.9 Å². The van der Waals surface area contributed by atoms with E-state index < -0.39 is 30.7 Å². The van der Waals surface area contributed by atoms with Gasteiger partial charge in [0.15, 0.2) is 0 Å². The average molecular weight is 410 g/mol. The number of amides is 1. The van der Waals surface area contributed by atoms with E-state index in [1.54, 1.807) is 0 Å². The fraction of sp³-hybridized carbons (Fsp3) is 0.222. The van der Waals surface area contributed by atoms with Gasteiger partial charge in [0.25, 0.3) is 12.3 Å². The van der Waals surface area contributed by atoms with Crippen LogP contribution in [0.5, 0.6) is 0 Å². The highest BCUT2D eigenvalue weighted by Crippen LogP contribution is 2.41. The van der Waals surface area contributed by atoms with Gasteiger partial charge in [-0.05, 0) is 24.3 Å². The normalized spacial score (nSPS) is 16.1. The minimum absolute atomic E-state index is 0.166. The Bertz CT molecular complexity index is 1200. The number of halogens is 4. The summed E-state index contributed by atoms with van der Waals surface area (Å²) < 4.78 is 42.2. The third-order valence-corrected chi connectivity index (χ3v) is 5.28. The molecular weight excluding hydrogens is 395 g/mol. The summed E-state index contributed by atoms with van der Waals surface area (Å²) in [6.45, 7) is -0.699. The zero-order chi connectivity index (χ0) is 20.3. The summed E-state index contributed by atoms with van der Waals surface area (Å²) in [6.07, 6.45) is -2.68. The molecule has 0 radical (unpaired) electrons. The number of aryl methyl sites for hydroxylation is 1. The van der Waals surface area contributed by atoms with Crippen LogP contribution in [0.2, 0.25) is 5.02 Å². The Labute approximate surface area is 161 Å². The molecule has 1 aliphatic heterocycles. The summed E-state index contributed by atoms with van der Waals surface area (Å²) in [5, 5.41) is 11.1. The van der Waals surface area contributed by atoms with Crippen molar-refractivity contribution >= 4 is 34.2 Å². The van der Waals surface area contributed by atoms with E-state index in [1.165, 1.54) is 35.9 Å². The number of alkyl halides is 2. The van der Waals surface area contributed by atoms with Crippen molar-refractivity contribution in [3.63, 3.8) is 0 Å². The van der Waals surface area contributed by atoms with Gasteiger partial charge in [-0.1, -0.05) is 11.6 Å². The van der Waals surface area contributed by atoms with Gasteiger partial charge in [-0.3, -0.25) is 10.2 Å². The van der Waals surface area contributed by atoms with Crippen molar-refractivity contribution in [3.8, 4) is 0 Å². The number of fused-ring (bicyclic) bond motifs is 3. The first-order valence-corrected chi connectivity index (χ1v) is 8.68. The van der Waals surface area contributed by atoms with Crippen LogP contribution < -0.4 is 16.7 Å². The molecule has 10 heteroatoms. The van der Waals surface area contributed by atoms with Crippen LogP contribution >= 0.6 is 11.6 Å². The highest BCUT2D eigenvalue weighted by molar-refractivity contribution is 6.31. The highest BCUT2D eigenvalue weighted by Gasteiger charge is 2.36. The van der Waals surface area contributed by atoms with E-state index in [2.05, 4.69) is 5.32 Å². The lowest BCUT2D eigenvalue weighted by atomic mass is 9.95. The molecule has 3 aromatic rings. The number of benzene rings is 2. The maximum absolute atomic E-state index is 13.8. The number of hydrogen-bond donors (Lipinski definition) is 3. The Kier molecular flexibility index (Phi) is 4.15. The Morgan fingerprint density at radius 3 is 2.75 bits per heavy atom. The van der Waals surface area contributed by atoms with E-state index in [-0.39, 0.29) is 27.4 Å². The van der Waals surface area contributed by atoms with E-state index >= 15 is 0 Å². The number of nitrogens with zero attached hydrogens (tertiary/aromatic N) is 2. The number of rotatable bonds is 3. The van der Waals surface area contributed by atoms with Gasteiger partial charge in [0.05, 0.1) is 29.2 Å². The molecule has 28 heavy (non-hydrogen) atoms. The molecule has 4 rings (SSSR count). The van der Waals surface area contributed by atoms with Crippen LogP contribution in [0.15, 0.2) is 24.3 Å². The second-order valence-corrected chi connectivity index (χ2v) is 6.99. The number of anilines is 1. The van der Waals surface area contributed by atoms with Crippen molar-refractivity contribution in [1.82, 2.24) is 14.5 Å². The molecule has 0 saturated heterocycles. The van der Waals surface area contributed by atoms with Gasteiger partial charge in [0.1, 0.15) is 5.82 Å². The molecule has 1 aromatic heterocycles. The number of nitrogen functional groups attached to an aromatic ring is 1. The predicted octanol–water partition coefficient (Wildman–Crippen LogP) is 2.93. The number of imidazole rings is 1. The van der Waals surface area contributed by atoms with Gasteiger partial charge in [-0.25, -0.2) is 13.2 Å². The number of nitrogens with one attached hydrogen (secondary N) is 2. The summed E-state index contributed by atoms with van der Waals surface area (Å²) in [7, 11) is 1.51. The van der Waals surface area contributed by atoms with Crippen molar-refractivity contribution in [3.05, 3.63) is 57.4 Å². The van der Waals surface area contributed by atoms with Crippen molar-refractivity contribution in [1.29, 1.82) is 5.41 Å². The summed E-state index contributed by atoms with van der Waals surface area (Å²) >= 11 is 6.20. The minimum atomic E-state index is -2.68. The van der Waals surface area contributed by atoms with Crippen molar-refractivity contribution in [2.45, 2.75) is 19.0 Å². The quantitative estimate of drug-likeness (QED) is 0.581. The number of nitrogens with two attached hydrogens (primary N) is 1. The summed E-state index contributed by atoms with van der Waals surface area (Å²) in [5.74, 6) is -1.02. The summed E-state index contributed by atoms with van der Waals surface area (Å²) in [5.41, 5.74) is 7.60. The highest BCUT2D eigenvalue weighted by atomic mass is 35.5. The topological polar surface area (TPSA) is 88.8 Å². The van der Waals surface area contributed by atoms with Gasteiger partial charge >= 0.3 is 0 Å². The molecule has 0 bridgehead atoms. The molecule has 1 atom stereocenters. The molecule has 1 aliphatic rings. The lowest BCUT2D eigenvalue weighted by Gasteiger charge is -2.16. The molecule has 146 valence electrons. The minimum Gasteiger partial charge on any atom is -0.398 e. The van der Waals surface area contributed by atoms with Gasteiger partial charge < -0.3 is 20.2 Å². The van der Waals surface area contributed by atoms with Crippen molar-refractivity contribution in [2.75, 3.05) is 5.73 Å². The molecule has 0 spiro atoms. The van der Waals surface area contributed by atoms with Gasteiger partial charge in [0.2, 0.25) is 5.62 Å². The largest absolute Gasteiger partial charge is 0.398 e. The van der Waals surface area contributed by atoms with Crippen LogP contribution in [0.3, 0.4) is 0 Å². The third-order valence-electron chi connectivity index (χ3n) is 4.93. The van der Waals surface area contributed by atoms with Gasteiger partial charge in [-0.2, -0.15) is 0 Å². The molecule has 0 saturated carbocycles. The van der Waals surface area contributed by atoms with Crippen LogP contribution in [0.1, 0.15) is 27.5 Å². The van der Waals surface area contributed by atoms with Crippen LogP contribution in [0.25, 0.3) is 11.0 Å². The average Bonchev–Trinajstić information content (AvgIpc) is 3.08. The molecule has 2 aromatic carbocycles. The zero-order valence-electron chi connectivity index (χ0n) is 14.6. The fourth-order valence-electron chi connectivity index (χ4n) is 3.75. The standard InChI is InChI=1S/C18H15ClF3N5O/c1-26-16-11(27(18(26)24)6-12(21)22)5-10(23)13-14(16)17(28)25-15(13)8-4-7(20)2-3-9(8)19/h2-5,12,15,24H,6,23H2,1H3,(H,25,28). The molecule has 4 N–H and O–H groups in total. The Hall–Kier alpha value is -2.94. The molecular formula is C18H15ClF3N5O. The molecule has 0 fully saturated rings. The monoisotopic (exact) mass is 409 g/mol. The molecule has 1 amide bonds. The van der Waals surface area contributed by atoms with E-state index in [0.29, 0.717) is 16.6 Å². The Morgan fingerprint density at radius 1 is 1.36 bits per heavy atom. The van der Waals surface area contributed by atoms with E-state index in [1.807, 2.05) is 0 Å². The van der Waals surface area contributed by atoms with Gasteiger partial charge in [-0.15, -0.1) is 0 Å². The predicted molar refractivity (Wildman–Crippen MR) is 97.9 cm³/mol. The first-order chi connectivity index (χ1) is 13.2. The van der Waals surface area contributed by atoms with Crippen LogP contribution in [-0.2, 0) is 13.6 Å². The lowest BCUT2D eigenvalue weighted by molar-refractivity contribution is 0.0961. The van der Waals surface area contributed by atoms with Crippen molar-refractivity contribution in [2.24, 2.45) is 7.05 Å². The maximum atomic E-state index is 13.8. The first kappa shape index (κ1) is 18.4. The Balaban J connectivity index is 2.03. The Morgan fingerprint density at radius 2 is 2.07 bits per heavy atom. The zero-order valence-corrected chi connectivity index (χ0v) is 15.3. The second-order valence-electron chi connectivity index (χ2n) is 6.58. The lowest BCUT2D eigenvalue weighted by Crippen LogP contribution is -2.25. The summed E-state index contributed by atoms with van der Waals surface area (Å²) in [6, 6.07) is 4.46. The maximum Gasteiger partial charge on any atom is 0.256 e. The van der Waals surface area contributed by atoms with Crippen LogP contribution in [0.4, 0.5) is 18.9 Å². The summed E-state index contributed by atoms with van der Waals surface area (Å²) in [4.78, 5) is 12.8. The van der Waals surface area contributed by atoms with Crippen LogP contribution in [0, 0.1) is 11.2 Å². The van der Waals surface area contributed by atoms with E-state index in [0.717, 1.165) is 4.57 Å². The first-order valence-electron chi connectivity index (χ1n) is 8.30.